The molecule has 88 valence electrons. The summed E-state index contributed by atoms with van der Waals surface area (Å²) >= 11 is 5.96. The van der Waals surface area contributed by atoms with E-state index in [0.717, 1.165) is 0 Å². The quantitative estimate of drug-likeness (QED) is 0.568. The van der Waals surface area contributed by atoms with Crippen LogP contribution in [-0.2, 0) is 9.53 Å². The minimum Gasteiger partial charge on any atom is -0.381 e. The summed E-state index contributed by atoms with van der Waals surface area (Å²) in [5.41, 5.74) is 0.615. The molecule has 0 saturated carbocycles. The monoisotopic (exact) mass is 244 g/mol. The molecular weight excluding hydrogens is 231 g/mol. The molecule has 0 radical (unpaired) electrons. The lowest BCUT2D eigenvalue weighted by Gasteiger charge is -2.08. The van der Waals surface area contributed by atoms with E-state index >= 15 is 0 Å². The molecule has 4 heteroatoms. The van der Waals surface area contributed by atoms with Gasteiger partial charge in [0.2, 0.25) is 0 Å². The van der Waals surface area contributed by atoms with Crippen molar-refractivity contribution in [1.82, 2.24) is 0 Å². The molecule has 1 aromatic rings. The van der Waals surface area contributed by atoms with E-state index in [2.05, 4.69) is 0 Å². The van der Waals surface area contributed by atoms with E-state index in [1.54, 1.807) is 0 Å². The smallest absolute Gasteiger partial charge is 0.157 e. The predicted molar refractivity (Wildman–Crippen MR) is 61.1 cm³/mol. The molecule has 0 aliphatic heterocycles. The van der Waals surface area contributed by atoms with Gasteiger partial charge >= 0.3 is 0 Å². The lowest BCUT2D eigenvalue weighted by atomic mass is 10.1. The van der Waals surface area contributed by atoms with E-state index in [4.69, 9.17) is 16.3 Å². The van der Waals surface area contributed by atoms with Crippen LogP contribution in [0.25, 0.3) is 0 Å². The summed E-state index contributed by atoms with van der Waals surface area (Å²) in [6.07, 6.45) is 0.277. The molecule has 0 saturated heterocycles. The number of ether oxygens (including phenoxy) is 1. The predicted octanol–water partition coefficient (Wildman–Crippen LogP) is 3.10. The van der Waals surface area contributed by atoms with Gasteiger partial charge in [0.25, 0.3) is 0 Å². The van der Waals surface area contributed by atoms with Crippen LogP contribution in [0.3, 0.4) is 0 Å². The molecule has 0 spiro atoms. The maximum absolute atomic E-state index is 12.7. The van der Waals surface area contributed by atoms with Gasteiger partial charge in [0.05, 0.1) is 6.61 Å². The SMILES string of the molecule is CCOCCC(=O)C(Cl)c1ccc(F)cc1. The van der Waals surface area contributed by atoms with Crippen LogP contribution >= 0.6 is 11.6 Å². The van der Waals surface area contributed by atoms with Gasteiger partial charge in [-0.1, -0.05) is 12.1 Å². The molecule has 0 heterocycles. The van der Waals surface area contributed by atoms with E-state index in [1.165, 1.54) is 24.3 Å². The first-order chi connectivity index (χ1) is 7.65. The number of alkyl halides is 1. The largest absolute Gasteiger partial charge is 0.381 e. The fourth-order valence-electron chi connectivity index (χ4n) is 1.26. The molecule has 0 aromatic heterocycles. The Labute approximate surface area is 99.4 Å². The van der Waals surface area contributed by atoms with E-state index in [0.29, 0.717) is 18.8 Å². The van der Waals surface area contributed by atoms with Gasteiger partial charge in [0.1, 0.15) is 11.2 Å². The van der Waals surface area contributed by atoms with Crippen LogP contribution < -0.4 is 0 Å². The Balaban J connectivity index is 2.53. The molecule has 0 aliphatic carbocycles. The van der Waals surface area contributed by atoms with Gasteiger partial charge in [-0.15, -0.1) is 11.6 Å². The Morgan fingerprint density at radius 2 is 2.06 bits per heavy atom. The average Bonchev–Trinajstić information content (AvgIpc) is 2.29. The summed E-state index contributed by atoms with van der Waals surface area (Å²) in [4.78, 5) is 11.6. The molecule has 1 rings (SSSR count). The molecule has 0 N–H and O–H groups in total. The number of carbonyl (C=O) groups excluding carboxylic acids is 1. The number of ketones is 1. The minimum absolute atomic E-state index is 0.110. The highest BCUT2D eigenvalue weighted by atomic mass is 35.5. The van der Waals surface area contributed by atoms with Gasteiger partial charge < -0.3 is 4.74 Å². The minimum atomic E-state index is -0.721. The molecule has 1 atom stereocenters. The maximum atomic E-state index is 12.7. The molecule has 2 nitrogen and oxygen atoms in total. The summed E-state index contributed by atoms with van der Waals surface area (Å²) in [5, 5.41) is -0.721. The number of hydrogen-bond acceptors (Lipinski definition) is 2. The second-order valence-electron chi connectivity index (χ2n) is 3.33. The number of hydrogen-bond donors (Lipinski definition) is 0. The summed E-state index contributed by atoms with van der Waals surface area (Å²) in [6, 6.07) is 5.62. The summed E-state index contributed by atoms with van der Waals surface area (Å²) in [5.74, 6) is -0.448. The lowest BCUT2D eigenvalue weighted by Crippen LogP contribution is -2.10. The average molecular weight is 245 g/mol. The lowest BCUT2D eigenvalue weighted by molar-refractivity contribution is -0.119. The Morgan fingerprint density at radius 1 is 1.44 bits per heavy atom. The van der Waals surface area contributed by atoms with Crippen LogP contribution in [0.5, 0.6) is 0 Å². The molecule has 0 fully saturated rings. The van der Waals surface area contributed by atoms with E-state index in [1.807, 2.05) is 6.92 Å². The molecule has 1 aromatic carbocycles. The van der Waals surface area contributed by atoms with Gasteiger partial charge in [-0.2, -0.15) is 0 Å². The third-order valence-electron chi connectivity index (χ3n) is 2.14. The van der Waals surface area contributed by atoms with Crippen LogP contribution in [-0.4, -0.2) is 19.0 Å². The van der Waals surface area contributed by atoms with Gasteiger partial charge in [-0.05, 0) is 24.6 Å². The van der Waals surface area contributed by atoms with Crippen molar-refractivity contribution in [3.8, 4) is 0 Å². The van der Waals surface area contributed by atoms with Crippen molar-refractivity contribution in [2.75, 3.05) is 13.2 Å². The Bertz CT molecular complexity index is 337. The van der Waals surface area contributed by atoms with Gasteiger partial charge in [-0.25, -0.2) is 4.39 Å². The normalized spacial score (nSPS) is 12.4. The van der Waals surface area contributed by atoms with Crippen LogP contribution in [0.4, 0.5) is 4.39 Å². The summed E-state index contributed by atoms with van der Waals surface area (Å²) in [7, 11) is 0. The van der Waals surface area contributed by atoms with Crippen LogP contribution in [0.2, 0.25) is 0 Å². The van der Waals surface area contributed by atoms with Crippen LogP contribution in [0.1, 0.15) is 24.3 Å². The molecule has 16 heavy (non-hydrogen) atoms. The fraction of sp³-hybridized carbons (Fsp3) is 0.417. The zero-order chi connectivity index (χ0) is 12.0. The van der Waals surface area contributed by atoms with Crippen molar-refractivity contribution in [1.29, 1.82) is 0 Å². The van der Waals surface area contributed by atoms with Crippen LogP contribution in [0, 0.1) is 5.82 Å². The van der Waals surface area contributed by atoms with E-state index in [-0.39, 0.29) is 18.0 Å². The van der Waals surface area contributed by atoms with E-state index in [9.17, 15) is 9.18 Å². The first-order valence-electron chi connectivity index (χ1n) is 5.15. The maximum Gasteiger partial charge on any atom is 0.157 e. The second-order valence-corrected chi connectivity index (χ2v) is 3.76. The third kappa shape index (κ3) is 3.91. The number of Topliss-reactive ketones (excluding diaryl/α,β-unsaturated/α-hetero) is 1. The van der Waals surface area contributed by atoms with Gasteiger partial charge in [0, 0.05) is 13.0 Å². The number of halogens is 2. The number of rotatable bonds is 6. The Morgan fingerprint density at radius 3 is 2.62 bits per heavy atom. The molecule has 0 amide bonds. The summed E-state index contributed by atoms with van der Waals surface area (Å²) in [6.45, 7) is 2.82. The number of benzene rings is 1. The van der Waals surface area contributed by atoms with Crippen molar-refractivity contribution in [3.05, 3.63) is 35.6 Å². The third-order valence-corrected chi connectivity index (χ3v) is 2.64. The Hall–Kier alpha value is -0.930. The second kappa shape index (κ2) is 6.61. The molecule has 0 bridgehead atoms. The van der Waals surface area contributed by atoms with Crippen molar-refractivity contribution in [2.24, 2.45) is 0 Å². The molecule has 0 aliphatic rings. The zero-order valence-corrected chi connectivity index (χ0v) is 9.84. The van der Waals surface area contributed by atoms with Crippen molar-refractivity contribution >= 4 is 17.4 Å². The molecular formula is C12H14ClFO2. The van der Waals surface area contributed by atoms with Crippen molar-refractivity contribution in [3.63, 3.8) is 0 Å². The number of carbonyl (C=O) groups is 1. The highest BCUT2D eigenvalue weighted by molar-refractivity contribution is 6.31. The first-order valence-corrected chi connectivity index (χ1v) is 5.58. The standard InChI is InChI=1S/C12H14ClFO2/c1-2-16-8-7-11(15)12(13)9-3-5-10(14)6-4-9/h3-6,12H,2,7-8H2,1H3. The first kappa shape index (κ1) is 13.1. The van der Waals surface area contributed by atoms with Crippen molar-refractivity contribution in [2.45, 2.75) is 18.7 Å². The summed E-state index contributed by atoms with van der Waals surface area (Å²) < 4.78 is 17.7. The molecule has 1 unspecified atom stereocenters. The fourth-order valence-corrected chi connectivity index (χ4v) is 1.52. The highest BCUT2D eigenvalue weighted by Gasteiger charge is 2.16. The Kier molecular flexibility index (Phi) is 5.43. The van der Waals surface area contributed by atoms with Crippen molar-refractivity contribution < 1.29 is 13.9 Å². The topological polar surface area (TPSA) is 26.3 Å². The van der Waals surface area contributed by atoms with Gasteiger partial charge in [0.15, 0.2) is 5.78 Å². The van der Waals surface area contributed by atoms with E-state index < -0.39 is 5.38 Å². The highest BCUT2D eigenvalue weighted by Crippen LogP contribution is 2.22. The van der Waals surface area contributed by atoms with Crippen LogP contribution in [0.15, 0.2) is 24.3 Å². The van der Waals surface area contributed by atoms with Gasteiger partial charge in [-0.3, -0.25) is 4.79 Å². The zero-order valence-electron chi connectivity index (χ0n) is 9.08.